The van der Waals surface area contributed by atoms with E-state index in [2.05, 4.69) is 25.5 Å². The van der Waals surface area contributed by atoms with Crippen molar-refractivity contribution in [1.29, 1.82) is 0 Å². The molecule has 2 aromatic heterocycles. The summed E-state index contributed by atoms with van der Waals surface area (Å²) in [4.78, 5) is 35.8. The van der Waals surface area contributed by atoms with Crippen LogP contribution in [0.2, 0.25) is 5.02 Å². The number of nitrogens with zero attached hydrogens (tertiary/aromatic N) is 4. The van der Waals surface area contributed by atoms with Gasteiger partial charge in [0.25, 0.3) is 11.5 Å². The Balaban J connectivity index is 1.66. The second-order valence-corrected chi connectivity index (χ2v) is 9.26. The molecular formula is C25H31ClN6O4. The molecule has 11 heteroatoms. The first-order valence-corrected chi connectivity index (χ1v) is 12.4. The molecule has 4 rings (SSSR count). The van der Waals surface area contributed by atoms with Gasteiger partial charge in [0.2, 0.25) is 5.95 Å². The molecule has 2 atom stereocenters. The lowest BCUT2D eigenvalue weighted by Crippen LogP contribution is -2.46. The normalized spacial score (nSPS) is 17.8. The number of rotatable bonds is 8. The number of hydrogen-bond acceptors (Lipinski definition) is 8. The number of benzene rings is 1. The zero-order chi connectivity index (χ0) is 25.8. The molecule has 36 heavy (non-hydrogen) atoms. The zero-order valence-corrected chi connectivity index (χ0v) is 21.6. The molecule has 0 spiro atoms. The molecule has 1 fully saturated rings. The van der Waals surface area contributed by atoms with Crippen molar-refractivity contribution in [2.24, 2.45) is 0 Å². The minimum Gasteiger partial charge on any atom is -0.478 e. The number of likely N-dealkylation sites (N-methyl/N-ethyl adjacent to an activating group) is 1. The lowest BCUT2D eigenvalue weighted by Gasteiger charge is -2.35. The van der Waals surface area contributed by atoms with Gasteiger partial charge in [-0.2, -0.15) is 4.98 Å². The molecule has 3 aromatic rings. The number of carbonyl (C=O) groups excluding carboxylic acids is 1. The van der Waals surface area contributed by atoms with E-state index in [-0.39, 0.29) is 36.0 Å². The Bertz CT molecular complexity index is 1300. The van der Waals surface area contributed by atoms with Gasteiger partial charge >= 0.3 is 0 Å². The van der Waals surface area contributed by atoms with E-state index < -0.39 is 0 Å². The number of ether oxygens (including phenoxy) is 2. The number of aryl methyl sites for hydroxylation is 1. The molecule has 2 unspecified atom stereocenters. The number of morpholine rings is 1. The predicted molar refractivity (Wildman–Crippen MR) is 141 cm³/mol. The van der Waals surface area contributed by atoms with Crippen molar-refractivity contribution in [3.63, 3.8) is 0 Å². The van der Waals surface area contributed by atoms with Gasteiger partial charge in [-0.3, -0.25) is 9.59 Å². The summed E-state index contributed by atoms with van der Waals surface area (Å²) < 4.78 is 13.0. The van der Waals surface area contributed by atoms with E-state index in [0.29, 0.717) is 36.4 Å². The number of aromatic nitrogens is 3. The number of nitrogens with one attached hydrogen (secondary N) is 2. The van der Waals surface area contributed by atoms with Crippen molar-refractivity contribution in [2.45, 2.75) is 45.9 Å². The van der Waals surface area contributed by atoms with Crippen LogP contribution in [0.25, 0.3) is 10.9 Å². The van der Waals surface area contributed by atoms with Gasteiger partial charge in [0.1, 0.15) is 5.02 Å². The number of carbonyl (C=O) groups is 1. The van der Waals surface area contributed by atoms with Gasteiger partial charge in [-0.25, -0.2) is 4.98 Å². The molecule has 1 aliphatic rings. The average Bonchev–Trinajstić information content (AvgIpc) is 2.85. The number of anilines is 3. The molecule has 0 saturated carbocycles. The molecule has 10 nitrogen and oxygen atoms in total. The second kappa shape index (κ2) is 11.1. The molecule has 1 saturated heterocycles. The van der Waals surface area contributed by atoms with Crippen LogP contribution in [0.15, 0.2) is 35.3 Å². The standard InChI is InChI=1S/C25H31ClN6O4/c1-5-8-32-20-7-6-18(9-17(20)10-21(24(32)34)35-14-22(33)27-4)29-23-19(26)11-28-25(30-23)31-12-15(2)36-16(3)13-31/h6-7,9-11,15-16H,5,8,12-14H2,1-4H3,(H,27,33)(H,28,29,30). The van der Waals surface area contributed by atoms with Gasteiger partial charge in [-0.1, -0.05) is 18.5 Å². The maximum absolute atomic E-state index is 13.0. The van der Waals surface area contributed by atoms with Crippen LogP contribution in [0.1, 0.15) is 27.2 Å². The fraction of sp³-hybridized carbons (Fsp3) is 0.440. The third-order valence-electron chi connectivity index (χ3n) is 5.84. The van der Waals surface area contributed by atoms with Crippen LogP contribution in [0.3, 0.4) is 0 Å². The zero-order valence-electron chi connectivity index (χ0n) is 20.9. The van der Waals surface area contributed by atoms with Crippen molar-refractivity contribution in [3.8, 4) is 5.75 Å². The van der Waals surface area contributed by atoms with Gasteiger partial charge < -0.3 is 29.6 Å². The van der Waals surface area contributed by atoms with E-state index in [9.17, 15) is 9.59 Å². The lowest BCUT2D eigenvalue weighted by molar-refractivity contribution is -0.122. The van der Waals surface area contributed by atoms with Crippen LogP contribution < -0.4 is 25.8 Å². The van der Waals surface area contributed by atoms with Gasteiger partial charge in [-0.05, 0) is 44.5 Å². The van der Waals surface area contributed by atoms with Gasteiger partial charge in [-0.15, -0.1) is 0 Å². The molecule has 3 heterocycles. The maximum atomic E-state index is 13.0. The van der Waals surface area contributed by atoms with Crippen molar-refractivity contribution in [3.05, 3.63) is 45.8 Å². The summed E-state index contributed by atoms with van der Waals surface area (Å²) in [7, 11) is 1.52. The first-order chi connectivity index (χ1) is 17.3. The number of pyridine rings is 1. The van der Waals surface area contributed by atoms with E-state index in [4.69, 9.17) is 21.1 Å². The fourth-order valence-corrected chi connectivity index (χ4v) is 4.42. The first kappa shape index (κ1) is 25.7. The molecular weight excluding hydrogens is 484 g/mol. The Labute approximate surface area is 214 Å². The van der Waals surface area contributed by atoms with Gasteiger partial charge in [0.15, 0.2) is 18.2 Å². The number of halogens is 1. The Hall–Kier alpha value is -3.37. The number of hydrogen-bond donors (Lipinski definition) is 2. The molecule has 0 aliphatic carbocycles. The smallest absolute Gasteiger partial charge is 0.293 e. The summed E-state index contributed by atoms with van der Waals surface area (Å²) in [5.41, 5.74) is 1.23. The summed E-state index contributed by atoms with van der Waals surface area (Å²) in [6, 6.07) is 7.29. The highest BCUT2D eigenvalue weighted by molar-refractivity contribution is 6.32. The van der Waals surface area contributed by atoms with Crippen molar-refractivity contribution in [2.75, 3.05) is 37.0 Å². The van der Waals surface area contributed by atoms with Gasteiger partial charge in [0, 0.05) is 37.8 Å². The molecule has 1 aliphatic heterocycles. The molecule has 2 N–H and O–H groups in total. The third kappa shape index (κ3) is 5.71. The van der Waals surface area contributed by atoms with Crippen molar-refractivity contribution in [1.82, 2.24) is 19.9 Å². The van der Waals surface area contributed by atoms with E-state index in [1.54, 1.807) is 16.8 Å². The Kier molecular flexibility index (Phi) is 7.95. The van der Waals surface area contributed by atoms with Crippen LogP contribution in [0, 0.1) is 0 Å². The summed E-state index contributed by atoms with van der Waals surface area (Å²) in [5, 5.41) is 6.93. The van der Waals surface area contributed by atoms with Crippen LogP contribution in [-0.4, -0.2) is 59.4 Å². The van der Waals surface area contributed by atoms with Crippen LogP contribution in [0.4, 0.5) is 17.5 Å². The van der Waals surface area contributed by atoms with E-state index >= 15 is 0 Å². The van der Waals surface area contributed by atoms with Gasteiger partial charge in [0.05, 0.1) is 23.9 Å². The third-order valence-corrected chi connectivity index (χ3v) is 6.12. The summed E-state index contributed by atoms with van der Waals surface area (Å²) >= 11 is 6.42. The molecule has 192 valence electrons. The highest BCUT2D eigenvalue weighted by Gasteiger charge is 2.24. The average molecular weight is 515 g/mol. The topological polar surface area (TPSA) is 111 Å². The number of amides is 1. The monoisotopic (exact) mass is 514 g/mol. The molecule has 0 bridgehead atoms. The summed E-state index contributed by atoms with van der Waals surface area (Å²) in [5.74, 6) is 0.858. The highest BCUT2D eigenvalue weighted by Crippen LogP contribution is 2.28. The molecule has 1 aromatic carbocycles. The predicted octanol–water partition coefficient (Wildman–Crippen LogP) is 3.34. The minimum absolute atomic E-state index is 0.0745. The largest absolute Gasteiger partial charge is 0.478 e. The highest BCUT2D eigenvalue weighted by atomic mass is 35.5. The van der Waals surface area contributed by atoms with Crippen molar-refractivity contribution >= 4 is 45.9 Å². The second-order valence-electron chi connectivity index (χ2n) is 8.85. The van der Waals surface area contributed by atoms with E-state index in [1.165, 1.54) is 7.05 Å². The Morgan fingerprint density at radius 1 is 1.25 bits per heavy atom. The SMILES string of the molecule is CCCn1c(=O)c(OCC(=O)NC)cc2cc(Nc3nc(N4CC(C)OC(C)C4)ncc3Cl)ccc21. The number of fused-ring (bicyclic) bond motifs is 1. The van der Waals surface area contributed by atoms with Crippen molar-refractivity contribution < 1.29 is 14.3 Å². The van der Waals surface area contributed by atoms with E-state index in [0.717, 1.165) is 23.0 Å². The van der Waals surface area contributed by atoms with Crippen LogP contribution in [-0.2, 0) is 16.1 Å². The maximum Gasteiger partial charge on any atom is 0.293 e. The summed E-state index contributed by atoms with van der Waals surface area (Å²) in [6.07, 6.45) is 2.50. The van der Waals surface area contributed by atoms with E-state index in [1.807, 2.05) is 39.0 Å². The van der Waals surface area contributed by atoms with Crippen LogP contribution >= 0.6 is 11.6 Å². The first-order valence-electron chi connectivity index (χ1n) is 12.0. The lowest BCUT2D eigenvalue weighted by atomic mass is 10.1. The Morgan fingerprint density at radius 2 is 2.00 bits per heavy atom. The molecule has 1 amide bonds. The summed E-state index contributed by atoms with van der Waals surface area (Å²) in [6.45, 7) is 7.71. The Morgan fingerprint density at radius 3 is 2.69 bits per heavy atom. The van der Waals surface area contributed by atoms with Crippen LogP contribution in [0.5, 0.6) is 5.75 Å². The quantitative estimate of drug-likeness (QED) is 0.471. The molecule has 0 radical (unpaired) electrons. The minimum atomic E-state index is -0.315. The fourth-order valence-electron chi connectivity index (χ4n) is 4.28.